The Bertz CT molecular complexity index is 972. The summed E-state index contributed by atoms with van der Waals surface area (Å²) in [7, 11) is -4.41. The van der Waals surface area contributed by atoms with E-state index in [0.717, 1.165) is 11.5 Å². The number of carbonyl (C=O) groups excluding carboxylic acids is 3. The van der Waals surface area contributed by atoms with E-state index in [1.165, 1.54) is 0 Å². The molecular weight excluding hydrogens is 525 g/mol. The largest absolute Gasteiger partial charge is 0.510 e. The SMILES string of the molecule is CC(C)OC(=O)OCOP(=O)(OCOC(=O)OC(C)C)O[C@@H]1CC12CC[C@H](c1nc(C(N)=O)ns1)O2. The van der Waals surface area contributed by atoms with Crippen molar-refractivity contribution in [3.8, 4) is 0 Å². The number of amides is 1. The van der Waals surface area contributed by atoms with Crippen molar-refractivity contribution < 1.29 is 56.2 Å². The fourth-order valence-electron chi connectivity index (χ4n) is 3.18. The third-order valence-corrected chi connectivity index (χ3v) is 6.96. The number of carbonyl (C=O) groups is 3. The molecule has 1 saturated heterocycles. The molecule has 1 aliphatic heterocycles. The Morgan fingerprint density at radius 1 is 1.11 bits per heavy atom. The monoisotopic (exact) mass is 553 g/mol. The predicted molar refractivity (Wildman–Crippen MR) is 119 cm³/mol. The van der Waals surface area contributed by atoms with Gasteiger partial charge in [0.25, 0.3) is 5.91 Å². The molecule has 17 heteroatoms. The Morgan fingerprint density at radius 3 is 2.19 bits per heavy atom. The minimum Gasteiger partial charge on any atom is -0.432 e. The van der Waals surface area contributed by atoms with Gasteiger partial charge in [-0.2, -0.15) is 4.37 Å². The second-order valence-electron chi connectivity index (χ2n) is 8.39. The van der Waals surface area contributed by atoms with Crippen molar-refractivity contribution in [1.29, 1.82) is 0 Å². The number of phosphoric acid groups is 1. The van der Waals surface area contributed by atoms with Crippen molar-refractivity contribution in [2.24, 2.45) is 5.73 Å². The highest BCUT2D eigenvalue weighted by atomic mass is 32.1. The summed E-state index contributed by atoms with van der Waals surface area (Å²) in [5, 5.41) is 0.483. The van der Waals surface area contributed by atoms with Gasteiger partial charge in [-0.05, 0) is 52.1 Å². The number of nitrogens with zero attached hydrogens (tertiary/aromatic N) is 2. The molecule has 15 nitrogen and oxygen atoms in total. The van der Waals surface area contributed by atoms with E-state index < -0.39 is 69.6 Å². The van der Waals surface area contributed by atoms with Gasteiger partial charge in [-0.3, -0.25) is 9.32 Å². The van der Waals surface area contributed by atoms with Crippen molar-refractivity contribution in [3.63, 3.8) is 0 Å². The average molecular weight is 553 g/mol. The number of primary amides is 1. The topological polar surface area (TPSA) is 194 Å². The first kappa shape index (κ1) is 28.2. The Morgan fingerprint density at radius 2 is 1.69 bits per heavy atom. The second-order valence-corrected chi connectivity index (χ2v) is 10.8. The van der Waals surface area contributed by atoms with Crippen LogP contribution in [0.3, 0.4) is 0 Å². The molecule has 1 unspecified atom stereocenters. The zero-order valence-electron chi connectivity index (χ0n) is 20.1. The summed E-state index contributed by atoms with van der Waals surface area (Å²) in [6.07, 6.45) is -2.71. The molecule has 1 aromatic rings. The first-order valence-corrected chi connectivity index (χ1v) is 13.2. The van der Waals surface area contributed by atoms with Crippen LogP contribution in [0.25, 0.3) is 0 Å². The highest BCUT2D eigenvalue weighted by Crippen LogP contribution is 2.62. The van der Waals surface area contributed by atoms with Crippen LogP contribution in [0, 0.1) is 0 Å². The first-order chi connectivity index (χ1) is 16.9. The Kier molecular flexibility index (Phi) is 9.24. The maximum absolute atomic E-state index is 13.2. The van der Waals surface area contributed by atoms with Gasteiger partial charge >= 0.3 is 20.1 Å². The molecule has 1 aromatic heterocycles. The van der Waals surface area contributed by atoms with Gasteiger partial charge < -0.3 is 29.4 Å². The standard InChI is InChI=1S/C19H28N3O12PS/c1-10(2)31-17(24)27-8-29-35(26,30-9-28-18(25)32-11(3)4)34-13-7-19(13)6-5-12(33-19)16-21-15(14(20)23)22-36-16/h10-13H,5-9H2,1-4H3,(H2,20,23)/t12-,13-,19?/m1/s1. The summed E-state index contributed by atoms with van der Waals surface area (Å²) in [6.45, 7) is 4.83. The van der Waals surface area contributed by atoms with Gasteiger partial charge in [-0.15, -0.1) is 0 Å². The Balaban J connectivity index is 1.57. The Hall–Kier alpha value is -2.36. The second kappa shape index (κ2) is 11.8. The van der Waals surface area contributed by atoms with Gasteiger partial charge in [0, 0.05) is 6.42 Å². The number of aromatic nitrogens is 2. The number of nitrogens with two attached hydrogens (primary N) is 1. The third kappa shape index (κ3) is 7.82. The van der Waals surface area contributed by atoms with E-state index in [-0.39, 0.29) is 5.82 Å². The van der Waals surface area contributed by atoms with Crippen LogP contribution >= 0.6 is 19.4 Å². The molecule has 1 aliphatic carbocycles. The van der Waals surface area contributed by atoms with Crippen molar-refractivity contribution >= 4 is 37.6 Å². The maximum atomic E-state index is 13.2. The predicted octanol–water partition coefficient (Wildman–Crippen LogP) is 3.20. The van der Waals surface area contributed by atoms with E-state index in [4.69, 9.17) is 43.0 Å². The summed E-state index contributed by atoms with van der Waals surface area (Å²) in [5.41, 5.74) is 4.40. The van der Waals surface area contributed by atoms with E-state index in [2.05, 4.69) is 9.36 Å². The molecule has 36 heavy (non-hydrogen) atoms. The molecular formula is C19H28N3O12PS. The van der Waals surface area contributed by atoms with Crippen LogP contribution < -0.4 is 5.73 Å². The fraction of sp³-hybridized carbons (Fsp3) is 0.737. The van der Waals surface area contributed by atoms with Crippen molar-refractivity contribution in [3.05, 3.63) is 10.8 Å². The zero-order valence-corrected chi connectivity index (χ0v) is 21.8. The summed E-state index contributed by atoms with van der Waals surface area (Å²) < 4.78 is 57.8. The van der Waals surface area contributed by atoms with Crippen LogP contribution in [0.15, 0.2) is 0 Å². The van der Waals surface area contributed by atoms with E-state index in [9.17, 15) is 18.9 Å². The van der Waals surface area contributed by atoms with Gasteiger partial charge in [-0.1, -0.05) is 0 Å². The van der Waals surface area contributed by atoms with Gasteiger partial charge in [0.1, 0.15) is 17.2 Å². The third-order valence-electron chi connectivity index (χ3n) is 4.80. The molecule has 1 spiro atoms. The molecule has 2 N–H and O–H groups in total. The van der Waals surface area contributed by atoms with E-state index in [0.29, 0.717) is 24.3 Å². The normalized spacial score (nSPS) is 23.2. The minimum absolute atomic E-state index is 0.0959. The molecule has 0 aromatic carbocycles. The Labute approximate surface area is 210 Å². The molecule has 2 heterocycles. The highest BCUT2D eigenvalue weighted by Gasteiger charge is 2.63. The smallest absolute Gasteiger partial charge is 0.432 e. The summed E-state index contributed by atoms with van der Waals surface area (Å²) in [6, 6.07) is 0. The maximum Gasteiger partial charge on any atom is 0.510 e. The molecule has 0 bridgehead atoms. The first-order valence-electron chi connectivity index (χ1n) is 11.0. The molecule has 3 rings (SSSR count). The highest BCUT2D eigenvalue weighted by molar-refractivity contribution is 7.48. The number of phosphoric ester groups is 1. The van der Waals surface area contributed by atoms with Crippen LogP contribution in [-0.4, -0.2) is 65.1 Å². The quantitative estimate of drug-likeness (QED) is 0.225. The van der Waals surface area contributed by atoms with Gasteiger partial charge in [-0.25, -0.2) is 28.2 Å². The molecule has 1 saturated carbocycles. The number of rotatable bonds is 12. The molecule has 1 amide bonds. The summed E-state index contributed by atoms with van der Waals surface area (Å²) in [4.78, 5) is 38.4. The van der Waals surface area contributed by atoms with Crippen molar-refractivity contribution in [1.82, 2.24) is 9.36 Å². The summed E-state index contributed by atoms with van der Waals surface area (Å²) >= 11 is 1.00. The fourth-order valence-corrected chi connectivity index (χ4v) is 5.04. The lowest BCUT2D eigenvalue weighted by molar-refractivity contribution is -0.0540. The van der Waals surface area contributed by atoms with Crippen molar-refractivity contribution in [2.75, 3.05) is 13.6 Å². The van der Waals surface area contributed by atoms with Gasteiger partial charge in [0.05, 0.1) is 17.8 Å². The molecule has 3 atom stereocenters. The van der Waals surface area contributed by atoms with Gasteiger partial charge in [0.15, 0.2) is 0 Å². The van der Waals surface area contributed by atoms with E-state index in [1.54, 1.807) is 27.7 Å². The van der Waals surface area contributed by atoms with Crippen molar-refractivity contribution in [2.45, 2.75) is 77.0 Å². The molecule has 202 valence electrons. The zero-order chi connectivity index (χ0) is 26.5. The van der Waals surface area contributed by atoms with Crippen LogP contribution in [-0.2, 0) is 41.8 Å². The average Bonchev–Trinajstić information content (AvgIpc) is 3.10. The number of hydrogen-bond donors (Lipinski definition) is 1. The minimum atomic E-state index is -4.41. The number of ether oxygens (including phenoxy) is 5. The lowest BCUT2D eigenvalue weighted by atomic mass is 10.2. The lowest BCUT2D eigenvalue weighted by Gasteiger charge is -2.19. The molecule has 0 radical (unpaired) electrons. The van der Waals surface area contributed by atoms with E-state index >= 15 is 0 Å². The van der Waals surface area contributed by atoms with E-state index in [1.807, 2.05) is 0 Å². The number of hydrogen-bond acceptors (Lipinski definition) is 15. The molecule has 2 fully saturated rings. The van der Waals surface area contributed by atoms with Crippen LogP contribution in [0.2, 0.25) is 0 Å². The lowest BCUT2D eigenvalue weighted by Crippen LogP contribution is -2.19. The molecule has 2 aliphatic rings. The van der Waals surface area contributed by atoms with Crippen LogP contribution in [0.5, 0.6) is 0 Å². The summed E-state index contributed by atoms with van der Waals surface area (Å²) in [5.74, 6) is -0.839. The van der Waals surface area contributed by atoms with Crippen LogP contribution in [0.4, 0.5) is 9.59 Å². The van der Waals surface area contributed by atoms with Gasteiger partial charge in [0.2, 0.25) is 19.4 Å². The van der Waals surface area contributed by atoms with Crippen LogP contribution in [0.1, 0.15) is 68.7 Å².